The lowest BCUT2D eigenvalue weighted by atomic mass is 10.1. The third-order valence-electron chi connectivity index (χ3n) is 10.6. The van der Waals surface area contributed by atoms with Crippen molar-refractivity contribution < 1.29 is 37.9 Å². The number of hydrogen-bond donors (Lipinski definition) is 3. The lowest BCUT2D eigenvalue weighted by Crippen LogP contribution is -2.27. The quantitative estimate of drug-likeness (QED) is 0.0238. The Morgan fingerprint density at radius 3 is 1.38 bits per heavy atom. The minimum absolute atomic E-state index is 0.0770. The molecule has 0 saturated carbocycles. The minimum Gasteiger partial charge on any atom is -0.463 e. The molecule has 0 aromatic rings. The normalized spacial score (nSPS) is 13.8. The van der Waals surface area contributed by atoms with Crippen molar-refractivity contribution in [2.45, 2.75) is 225 Å². The molecular formula is C53H94NO8P. The summed E-state index contributed by atoms with van der Waals surface area (Å²) in [6.07, 6.45) is 61.2. The fraction of sp³-hybridized carbons (Fsp3) is 0.736. The summed E-state index contributed by atoms with van der Waals surface area (Å²) in [5, 5.41) is 12.7. The van der Waals surface area contributed by atoms with Crippen molar-refractivity contribution in [2.75, 3.05) is 26.4 Å². The predicted molar refractivity (Wildman–Crippen MR) is 266 cm³/mol. The Balaban J connectivity index is 3.60. The topological polar surface area (TPSA) is 131 Å². The van der Waals surface area contributed by atoms with Gasteiger partial charge in [-0.05, 0) is 83.5 Å². The predicted octanol–water partition coefficient (Wildman–Crippen LogP) is 15.0. The zero-order valence-electron chi connectivity index (χ0n) is 40.3. The maximum Gasteiger partial charge on any atom is 0.472 e. The van der Waals surface area contributed by atoms with Crippen LogP contribution in [-0.2, 0) is 27.9 Å². The maximum atomic E-state index is 12.1. The molecule has 0 aliphatic rings. The third-order valence-corrected chi connectivity index (χ3v) is 11.6. The number of carbonyl (C=O) groups excluding carboxylic acids is 2. The van der Waals surface area contributed by atoms with Crippen LogP contribution >= 0.6 is 7.82 Å². The van der Waals surface area contributed by atoms with Crippen molar-refractivity contribution >= 4 is 19.7 Å². The van der Waals surface area contributed by atoms with Crippen molar-refractivity contribution in [3.8, 4) is 0 Å². The van der Waals surface area contributed by atoms with E-state index in [1.807, 2.05) is 0 Å². The highest BCUT2D eigenvalue weighted by Crippen LogP contribution is 2.42. The maximum absolute atomic E-state index is 12.1. The van der Waals surface area contributed by atoms with Gasteiger partial charge < -0.3 is 20.1 Å². The molecule has 0 fully saturated rings. The Morgan fingerprint density at radius 2 is 0.905 bits per heavy atom. The Kier molecular flexibility index (Phi) is 46.9. The standard InChI is InChI=1S/C53H94NO8P/c1-3-5-7-9-11-13-15-17-19-21-23-24-25-26-28-30-32-34-36-38-40-42-44-46-53(57)60-49-51(55)50-62-63(58,59)61-48-47-54-52(56)45-43-41-39-37-35-33-31-29-27-22-20-18-16-14-12-10-8-6-4-2/h5,7,11,13,17-20,23-24,26,28,51,55H,3-4,6,8-10,12,14-16,21-22,25,27,29-50H2,1-2H3,(H,54,56)(H,58,59)/b7-5-,13-11-,19-17-,20-18+,24-23-,28-26-. The van der Waals surface area contributed by atoms with E-state index in [0.717, 1.165) is 83.5 Å². The van der Waals surface area contributed by atoms with E-state index in [2.05, 4.69) is 92.1 Å². The zero-order chi connectivity index (χ0) is 46.0. The van der Waals surface area contributed by atoms with E-state index in [-0.39, 0.29) is 32.1 Å². The number of esters is 1. The van der Waals surface area contributed by atoms with Gasteiger partial charge in [0.1, 0.15) is 12.7 Å². The lowest BCUT2D eigenvalue weighted by molar-refractivity contribution is -0.147. The minimum atomic E-state index is -4.43. The highest BCUT2D eigenvalue weighted by molar-refractivity contribution is 7.47. The molecule has 0 bridgehead atoms. The summed E-state index contributed by atoms with van der Waals surface area (Å²) in [5.74, 6) is -0.530. The molecule has 0 radical (unpaired) electrons. The van der Waals surface area contributed by atoms with Crippen LogP contribution in [0.15, 0.2) is 72.9 Å². The van der Waals surface area contributed by atoms with Crippen molar-refractivity contribution in [1.82, 2.24) is 5.32 Å². The Hall–Kier alpha value is -2.55. The van der Waals surface area contributed by atoms with Crippen LogP contribution in [-0.4, -0.2) is 54.3 Å². The van der Waals surface area contributed by atoms with E-state index >= 15 is 0 Å². The van der Waals surface area contributed by atoms with Gasteiger partial charge in [-0.3, -0.25) is 18.6 Å². The van der Waals surface area contributed by atoms with Crippen LogP contribution < -0.4 is 5.32 Å². The third kappa shape index (κ3) is 50.3. The summed E-state index contributed by atoms with van der Waals surface area (Å²) in [7, 11) is -4.43. The monoisotopic (exact) mass is 904 g/mol. The second-order valence-corrected chi connectivity index (χ2v) is 18.2. The van der Waals surface area contributed by atoms with Crippen LogP contribution in [0.5, 0.6) is 0 Å². The molecule has 9 nitrogen and oxygen atoms in total. The first-order chi connectivity index (χ1) is 30.8. The molecule has 0 aromatic carbocycles. The first-order valence-corrected chi connectivity index (χ1v) is 26.9. The lowest BCUT2D eigenvalue weighted by Gasteiger charge is -2.15. The van der Waals surface area contributed by atoms with E-state index in [9.17, 15) is 24.2 Å². The van der Waals surface area contributed by atoms with Gasteiger partial charge in [-0.1, -0.05) is 196 Å². The average Bonchev–Trinajstić information content (AvgIpc) is 3.27. The van der Waals surface area contributed by atoms with Gasteiger partial charge >= 0.3 is 13.8 Å². The largest absolute Gasteiger partial charge is 0.472 e. The highest BCUT2D eigenvalue weighted by atomic mass is 31.2. The molecule has 3 N–H and O–H groups in total. The number of aliphatic hydroxyl groups is 1. The molecule has 0 spiro atoms. The van der Waals surface area contributed by atoms with Gasteiger partial charge in [-0.15, -0.1) is 0 Å². The van der Waals surface area contributed by atoms with E-state index in [1.165, 1.54) is 109 Å². The number of phosphoric ester groups is 1. The molecule has 0 aromatic heterocycles. The molecule has 0 aliphatic carbocycles. The summed E-state index contributed by atoms with van der Waals surface area (Å²) in [4.78, 5) is 34.1. The van der Waals surface area contributed by atoms with E-state index in [4.69, 9.17) is 13.8 Å². The van der Waals surface area contributed by atoms with Gasteiger partial charge in [0, 0.05) is 19.4 Å². The number of rotatable bonds is 47. The second-order valence-electron chi connectivity index (χ2n) is 16.8. The molecule has 0 saturated heterocycles. The summed E-state index contributed by atoms with van der Waals surface area (Å²) < 4.78 is 27.0. The molecular weight excluding hydrogens is 810 g/mol. The molecule has 2 unspecified atom stereocenters. The Bertz CT molecular complexity index is 1260. The summed E-state index contributed by atoms with van der Waals surface area (Å²) in [6, 6.07) is 0. The Morgan fingerprint density at radius 1 is 0.508 bits per heavy atom. The fourth-order valence-corrected chi connectivity index (χ4v) is 7.57. The summed E-state index contributed by atoms with van der Waals surface area (Å²) >= 11 is 0. The molecule has 2 atom stereocenters. The van der Waals surface area contributed by atoms with E-state index in [1.54, 1.807) is 0 Å². The highest BCUT2D eigenvalue weighted by Gasteiger charge is 2.23. The van der Waals surface area contributed by atoms with Crippen LogP contribution in [0.4, 0.5) is 0 Å². The number of carbonyl (C=O) groups is 2. The van der Waals surface area contributed by atoms with Gasteiger partial charge in [-0.25, -0.2) is 4.57 Å². The number of allylic oxidation sites excluding steroid dienone is 12. The van der Waals surface area contributed by atoms with Crippen LogP contribution in [0.25, 0.3) is 0 Å². The number of nitrogens with one attached hydrogen (secondary N) is 1. The Labute approximate surface area is 386 Å². The molecule has 63 heavy (non-hydrogen) atoms. The van der Waals surface area contributed by atoms with Crippen molar-refractivity contribution in [1.29, 1.82) is 0 Å². The van der Waals surface area contributed by atoms with Gasteiger partial charge in [0.15, 0.2) is 0 Å². The average molecular weight is 904 g/mol. The van der Waals surface area contributed by atoms with E-state index < -0.39 is 26.5 Å². The number of unbranched alkanes of at least 4 members (excludes halogenated alkanes) is 22. The molecule has 0 aliphatic heterocycles. The smallest absolute Gasteiger partial charge is 0.463 e. The summed E-state index contributed by atoms with van der Waals surface area (Å²) in [5.41, 5.74) is 0. The number of aliphatic hydroxyl groups excluding tert-OH is 1. The van der Waals surface area contributed by atoms with Crippen LogP contribution in [0.1, 0.15) is 219 Å². The first kappa shape index (κ1) is 60.5. The summed E-state index contributed by atoms with van der Waals surface area (Å²) in [6.45, 7) is 3.44. The van der Waals surface area contributed by atoms with Crippen LogP contribution in [0.3, 0.4) is 0 Å². The van der Waals surface area contributed by atoms with Crippen molar-refractivity contribution in [3.05, 3.63) is 72.9 Å². The van der Waals surface area contributed by atoms with Gasteiger partial charge in [0.2, 0.25) is 5.91 Å². The molecule has 0 heterocycles. The van der Waals surface area contributed by atoms with Crippen molar-refractivity contribution in [3.63, 3.8) is 0 Å². The van der Waals surface area contributed by atoms with Gasteiger partial charge in [-0.2, -0.15) is 0 Å². The number of phosphoric acid groups is 1. The molecule has 0 rings (SSSR count). The number of hydrogen-bond acceptors (Lipinski definition) is 7. The molecule has 1 amide bonds. The molecule has 364 valence electrons. The van der Waals surface area contributed by atoms with Gasteiger partial charge in [0.05, 0.1) is 13.2 Å². The zero-order valence-corrected chi connectivity index (χ0v) is 41.1. The van der Waals surface area contributed by atoms with Crippen LogP contribution in [0.2, 0.25) is 0 Å². The first-order valence-electron chi connectivity index (χ1n) is 25.4. The van der Waals surface area contributed by atoms with E-state index in [0.29, 0.717) is 6.42 Å². The number of amides is 1. The second kappa shape index (κ2) is 48.9. The van der Waals surface area contributed by atoms with Crippen molar-refractivity contribution in [2.24, 2.45) is 0 Å². The number of ether oxygens (including phenoxy) is 1. The van der Waals surface area contributed by atoms with Crippen LogP contribution in [0, 0.1) is 0 Å². The molecule has 10 heteroatoms. The fourth-order valence-electron chi connectivity index (χ4n) is 6.81. The SMILES string of the molecule is CC/C=C\C/C=C\C/C=C\C/C=C\C/C=C\CCCCCCCCCC(=O)OCC(O)COP(=O)(O)OCCNC(=O)CCCCCCCCCCC/C=C/CCCCCCCC. The van der Waals surface area contributed by atoms with Gasteiger partial charge in [0.25, 0.3) is 0 Å².